The second-order valence-corrected chi connectivity index (χ2v) is 11.8. The maximum Gasteiger partial charge on any atom is 0.143 e. The Hall–Kier alpha value is -6.12. The van der Waals surface area contributed by atoms with E-state index in [9.17, 15) is 0 Å². The van der Waals surface area contributed by atoms with E-state index in [1.807, 2.05) is 6.07 Å². The van der Waals surface area contributed by atoms with E-state index < -0.39 is 0 Å². The van der Waals surface area contributed by atoms with Crippen LogP contribution in [0, 0.1) is 0 Å². The van der Waals surface area contributed by atoms with Crippen molar-refractivity contribution in [2.75, 3.05) is 4.90 Å². The first kappa shape index (κ1) is 26.3. The molecular formula is C44H29NO. The smallest absolute Gasteiger partial charge is 0.143 e. The quantitative estimate of drug-likeness (QED) is 0.186. The molecule has 1 heterocycles. The van der Waals surface area contributed by atoms with Crippen molar-refractivity contribution in [1.29, 1.82) is 0 Å². The van der Waals surface area contributed by atoms with Crippen LogP contribution in [0.1, 0.15) is 0 Å². The average molecular weight is 588 g/mol. The first-order chi connectivity index (χ1) is 22.8. The summed E-state index contributed by atoms with van der Waals surface area (Å²) in [5.74, 6) is 0.873. The third-order valence-corrected chi connectivity index (χ3v) is 9.00. The molecule has 0 fully saturated rings. The average Bonchev–Trinajstić information content (AvgIpc) is 3.52. The van der Waals surface area contributed by atoms with Gasteiger partial charge in [0.15, 0.2) is 0 Å². The molecule has 46 heavy (non-hydrogen) atoms. The van der Waals surface area contributed by atoms with Crippen molar-refractivity contribution in [3.63, 3.8) is 0 Å². The fourth-order valence-corrected chi connectivity index (χ4v) is 6.83. The Kier molecular flexibility index (Phi) is 6.17. The minimum absolute atomic E-state index is 0.873. The molecule has 0 spiro atoms. The lowest BCUT2D eigenvalue weighted by atomic mass is 9.98. The molecule has 0 saturated carbocycles. The molecule has 0 aliphatic rings. The normalized spacial score (nSPS) is 11.5. The summed E-state index contributed by atoms with van der Waals surface area (Å²) in [6.07, 6.45) is 0. The number of furan rings is 1. The van der Waals surface area contributed by atoms with E-state index >= 15 is 0 Å². The summed E-state index contributed by atoms with van der Waals surface area (Å²) < 4.78 is 6.62. The Morgan fingerprint density at radius 1 is 0.348 bits per heavy atom. The third kappa shape index (κ3) is 4.43. The second kappa shape index (κ2) is 10.8. The van der Waals surface area contributed by atoms with Crippen LogP contribution in [0.4, 0.5) is 17.1 Å². The standard InChI is InChI=1S/C44H29NO/c1-2-13-32(14-3-1)43-41-19-8-9-20-42(41)46-44(43)35-16-10-17-36(29-35)45(37-24-23-30-11-4-5-15-33(30)27-37)38-25-26-40-34(28-38)22-21-31-12-6-7-18-39(31)40/h1-29H. The van der Waals surface area contributed by atoms with Gasteiger partial charge in [-0.25, -0.2) is 0 Å². The van der Waals surface area contributed by atoms with E-state index in [2.05, 4.69) is 175 Å². The summed E-state index contributed by atoms with van der Waals surface area (Å²) >= 11 is 0. The van der Waals surface area contributed by atoms with Gasteiger partial charge in [-0.1, -0.05) is 133 Å². The summed E-state index contributed by atoms with van der Waals surface area (Å²) in [6.45, 7) is 0. The molecule has 9 aromatic rings. The van der Waals surface area contributed by atoms with Crippen LogP contribution >= 0.6 is 0 Å². The number of nitrogens with zero attached hydrogens (tertiary/aromatic N) is 1. The Bertz CT molecular complexity index is 2540. The molecule has 2 heteroatoms. The summed E-state index contributed by atoms with van der Waals surface area (Å²) in [4.78, 5) is 2.36. The molecule has 0 aliphatic heterocycles. The van der Waals surface area contributed by atoms with Gasteiger partial charge in [-0.2, -0.15) is 0 Å². The van der Waals surface area contributed by atoms with E-state index in [0.717, 1.165) is 50.5 Å². The van der Waals surface area contributed by atoms with Crippen LogP contribution < -0.4 is 4.90 Å². The minimum Gasteiger partial charge on any atom is -0.455 e. The molecule has 0 N–H and O–H groups in total. The van der Waals surface area contributed by atoms with E-state index in [1.165, 1.54) is 32.3 Å². The second-order valence-electron chi connectivity index (χ2n) is 11.8. The Morgan fingerprint density at radius 3 is 1.80 bits per heavy atom. The predicted molar refractivity (Wildman–Crippen MR) is 194 cm³/mol. The first-order valence-corrected chi connectivity index (χ1v) is 15.7. The first-order valence-electron chi connectivity index (χ1n) is 15.7. The number of rotatable bonds is 5. The molecule has 8 aromatic carbocycles. The molecule has 0 unspecified atom stereocenters. The van der Waals surface area contributed by atoms with Gasteiger partial charge in [0.2, 0.25) is 0 Å². The molecule has 0 amide bonds. The van der Waals surface area contributed by atoms with Gasteiger partial charge in [0.05, 0.1) is 0 Å². The number of fused-ring (bicyclic) bond motifs is 5. The van der Waals surface area contributed by atoms with Gasteiger partial charge in [0, 0.05) is 33.6 Å². The van der Waals surface area contributed by atoms with Crippen LogP contribution in [-0.4, -0.2) is 0 Å². The molecule has 9 rings (SSSR count). The van der Waals surface area contributed by atoms with Crippen LogP contribution in [0.15, 0.2) is 180 Å². The molecule has 0 bridgehead atoms. The van der Waals surface area contributed by atoms with Gasteiger partial charge >= 0.3 is 0 Å². The summed E-state index contributed by atoms with van der Waals surface area (Å²) in [7, 11) is 0. The largest absolute Gasteiger partial charge is 0.455 e. The number of para-hydroxylation sites is 1. The zero-order valence-corrected chi connectivity index (χ0v) is 25.1. The number of hydrogen-bond acceptors (Lipinski definition) is 2. The number of benzene rings is 8. The predicted octanol–water partition coefficient (Wildman–Crippen LogP) is 12.7. The van der Waals surface area contributed by atoms with Crippen molar-refractivity contribution in [3.05, 3.63) is 176 Å². The van der Waals surface area contributed by atoms with Crippen molar-refractivity contribution >= 4 is 60.3 Å². The Labute approximate surface area is 267 Å². The molecule has 1 aromatic heterocycles. The highest BCUT2D eigenvalue weighted by atomic mass is 16.3. The number of anilines is 3. The molecule has 0 atom stereocenters. The highest BCUT2D eigenvalue weighted by molar-refractivity contribution is 6.09. The van der Waals surface area contributed by atoms with E-state index in [1.54, 1.807) is 0 Å². The van der Waals surface area contributed by atoms with Crippen LogP contribution in [-0.2, 0) is 0 Å². The minimum atomic E-state index is 0.873. The summed E-state index contributed by atoms with van der Waals surface area (Å²) in [5.41, 5.74) is 7.43. The fourth-order valence-electron chi connectivity index (χ4n) is 6.83. The fraction of sp³-hybridized carbons (Fsp3) is 0. The molecule has 0 radical (unpaired) electrons. The number of hydrogen-bond donors (Lipinski definition) is 0. The van der Waals surface area contributed by atoms with Gasteiger partial charge in [0.1, 0.15) is 11.3 Å². The highest BCUT2D eigenvalue weighted by Gasteiger charge is 2.20. The molecule has 0 saturated heterocycles. The van der Waals surface area contributed by atoms with Gasteiger partial charge in [-0.3, -0.25) is 0 Å². The SMILES string of the molecule is c1ccc(-c2c(-c3cccc(N(c4ccc5ccccc5c4)c4ccc5c(ccc6ccccc65)c4)c3)oc3ccccc23)cc1. The van der Waals surface area contributed by atoms with E-state index in [0.29, 0.717) is 0 Å². The maximum absolute atomic E-state index is 6.62. The monoisotopic (exact) mass is 587 g/mol. The Balaban J connectivity index is 1.25. The zero-order valence-electron chi connectivity index (χ0n) is 25.1. The van der Waals surface area contributed by atoms with Gasteiger partial charge < -0.3 is 9.32 Å². The maximum atomic E-state index is 6.62. The lowest BCUT2D eigenvalue weighted by molar-refractivity contribution is 0.632. The van der Waals surface area contributed by atoms with Crippen molar-refractivity contribution in [2.45, 2.75) is 0 Å². The van der Waals surface area contributed by atoms with Gasteiger partial charge in [-0.15, -0.1) is 0 Å². The molecule has 0 aliphatic carbocycles. The van der Waals surface area contributed by atoms with E-state index in [-0.39, 0.29) is 0 Å². The summed E-state index contributed by atoms with van der Waals surface area (Å²) in [5, 5.41) is 8.52. The lowest BCUT2D eigenvalue weighted by Crippen LogP contribution is -2.10. The van der Waals surface area contributed by atoms with E-state index in [4.69, 9.17) is 4.42 Å². The van der Waals surface area contributed by atoms with Crippen molar-refractivity contribution in [1.82, 2.24) is 0 Å². The molecule has 2 nitrogen and oxygen atoms in total. The highest BCUT2D eigenvalue weighted by Crippen LogP contribution is 2.44. The molecular weight excluding hydrogens is 558 g/mol. The van der Waals surface area contributed by atoms with Crippen molar-refractivity contribution in [2.24, 2.45) is 0 Å². The van der Waals surface area contributed by atoms with Crippen LogP contribution in [0.5, 0.6) is 0 Å². The lowest BCUT2D eigenvalue weighted by Gasteiger charge is -2.27. The van der Waals surface area contributed by atoms with Crippen molar-refractivity contribution < 1.29 is 4.42 Å². The van der Waals surface area contributed by atoms with Crippen LogP contribution in [0.3, 0.4) is 0 Å². The van der Waals surface area contributed by atoms with Gasteiger partial charge in [-0.05, 0) is 80.3 Å². The van der Waals surface area contributed by atoms with Crippen LogP contribution in [0.25, 0.3) is 65.7 Å². The van der Waals surface area contributed by atoms with Crippen LogP contribution in [0.2, 0.25) is 0 Å². The zero-order chi connectivity index (χ0) is 30.5. The topological polar surface area (TPSA) is 16.4 Å². The van der Waals surface area contributed by atoms with Crippen molar-refractivity contribution in [3.8, 4) is 22.5 Å². The summed E-state index contributed by atoms with van der Waals surface area (Å²) in [6, 6.07) is 62.7. The Morgan fingerprint density at radius 2 is 0.935 bits per heavy atom. The molecule has 216 valence electrons. The van der Waals surface area contributed by atoms with Gasteiger partial charge in [0.25, 0.3) is 0 Å². The third-order valence-electron chi connectivity index (χ3n) is 9.00.